The maximum atomic E-state index is 4.39. The summed E-state index contributed by atoms with van der Waals surface area (Å²) in [6.07, 6.45) is 5.29. The molecule has 0 aromatic carbocycles. The molecule has 3 aromatic heterocycles. The van der Waals surface area contributed by atoms with Gasteiger partial charge >= 0.3 is 0 Å². The molecule has 5 nitrogen and oxygen atoms in total. The van der Waals surface area contributed by atoms with E-state index in [1.807, 2.05) is 13.0 Å². The van der Waals surface area contributed by atoms with Gasteiger partial charge < -0.3 is 4.98 Å². The number of aryl methyl sites for hydroxylation is 1. The maximum absolute atomic E-state index is 4.39. The number of pyridine rings is 1. The number of hydrogen-bond acceptors (Lipinski definition) is 3. The minimum Gasteiger partial charge on any atom is -0.336 e. The first-order valence-electron chi connectivity index (χ1n) is 4.65. The fourth-order valence-electron chi connectivity index (χ4n) is 1.55. The number of aromatic amines is 2. The van der Waals surface area contributed by atoms with Crippen molar-refractivity contribution in [1.29, 1.82) is 0 Å². The third kappa shape index (κ3) is 1.20. The molecule has 0 saturated heterocycles. The molecule has 2 N–H and O–H groups in total. The van der Waals surface area contributed by atoms with Gasteiger partial charge in [0.1, 0.15) is 5.82 Å². The lowest BCUT2D eigenvalue weighted by Gasteiger charge is -1.90. The van der Waals surface area contributed by atoms with E-state index in [1.54, 1.807) is 18.6 Å². The molecule has 3 heterocycles. The van der Waals surface area contributed by atoms with Crippen molar-refractivity contribution in [1.82, 2.24) is 25.1 Å². The molecule has 0 bridgehead atoms. The number of imidazole rings is 1. The highest BCUT2D eigenvalue weighted by atomic mass is 15.1. The van der Waals surface area contributed by atoms with Crippen LogP contribution in [0.4, 0.5) is 0 Å². The second kappa shape index (κ2) is 2.91. The Kier molecular flexibility index (Phi) is 1.58. The molecule has 0 aliphatic rings. The Balaban J connectivity index is 2.27. The van der Waals surface area contributed by atoms with E-state index in [-0.39, 0.29) is 0 Å². The summed E-state index contributed by atoms with van der Waals surface area (Å²) < 4.78 is 0. The van der Waals surface area contributed by atoms with Gasteiger partial charge in [0.2, 0.25) is 0 Å². The van der Waals surface area contributed by atoms with Crippen LogP contribution in [0.3, 0.4) is 0 Å². The molecule has 0 fully saturated rings. The van der Waals surface area contributed by atoms with Crippen molar-refractivity contribution in [3.05, 3.63) is 30.2 Å². The van der Waals surface area contributed by atoms with Gasteiger partial charge in [-0.15, -0.1) is 0 Å². The Bertz CT molecular complexity index is 593. The second-order valence-corrected chi connectivity index (χ2v) is 3.40. The molecule has 0 saturated carbocycles. The molecule has 0 aliphatic carbocycles. The van der Waals surface area contributed by atoms with Gasteiger partial charge in [0.05, 0.1) is 17.3 Å². The molecular weight excluding hydrogens is 190 g/mol. The zero-order valence-corrected chi connectivity index (χ0v) is 8.15. The van der Waals surface area contributed by atoms with Crippen molar-refractivity contribution in [3.63, 3.8) is 0 Å². The average molecular weight is 199 g/mol. The SMILES string of the molecule is Cc1ccnc2nc(-c3cn[nH]c3)[nH]c12. The summed E-state index contributed by atoms with van der Waals surface area (Å²) >= 11 is 0. The fourth-order valence-corrected chi connectivity index (χ4v) is 1.55. The van der Waals surface area contributed by atoms with E-state index in [0.29, 0.717) is 0 Å². The Morgan fingerprint density at radius 2 is 2.27 bits per heavy atom. The topological polar surface area (TPSA) is 70.2 Å². The molecule has 0 atom stereocenters. The van der Waals surface area contributed by atoms with Crippen molar-refractivity contribution < 1.29 is 0 Å². The predicted molar refractivity (Wildman–Crippen MR) is 56.2 cm³/mol. The van der Waals surface area contributed by atoms with Crippen LogP contribution in [0.2, 0.25) is 0 Å². The minimum atomic E-state index is 0.742. The monoisotopic (exact) mass is 199 g/mol. The van der Waals surface area contributed by atoms with Crippen LogP contribution >= 0.6 is 0 Å². The molecule has 3 rings (SSSR count). The predicted octanol–water partition coefficient (Wildman–Crippen LogP) is 1.66. The summed E-state index contributed by atoms with van der Waals surface area (Å²) in [5.74, 6) is 0.792. The molecule has 0 radical (unpaired) electrons. The maximum Gasteiger partial charge on any atom is 0.178 e. The molecule has 0 spiro atoms. The van der Waals surface area contributed by atoms with Gasteiger partial charge in [0.25, 0.3) is 0 Å². The standard InChI is InChI=1S/C10H9N5/c1-6-2-3-11-10-8(6)14-9(15-10)7-4-12-13-5-7/h2-5H,1H3,(H,12,13)(H,11,14,15). The van der Waals surface area contributed by atoms with E-state index in [4.69, 9.17) is 0 Å². The smallest absolute Gasteiger partial charge is 0.178 e. The first-order valence-corrected chi connectivity index (χ1v) is 4.65. The number of nitrogens with zero attached hydrogens (tertiary/aromatic N) is 3. The third-order valence-corrected chi connectivity index (χ3v) is 2.37. The first-order chi connectivity index (χ1) is 7.34. The Hall–Kier alpha value is -2.17. The second-order valence-electron chi connectivity index (χ2n) is 3.40. The van der Waals surface area contributed by atoms with E-state index in [2.05, 4.69) is 25.1 Å². The molecule has 3 aromatic rings. The van der Waals surface area contributed by atoms with Gasteiger partial charge in [-0.1, -0.05) is 0 Å². The number of hydrogen-bond donors (Lipinski definition) is 2. The lowest BCUT2D eigenvalue weighted by atomic mass is 10.3. The van der Waals surface area contributed by atoms with Crippen LogP contribution in [0.25, 0.3) is 22.6 Å². The third-order valence-electron chi connectivity index (χ3n) is 2.37. The number of rotatable bonds is 1. The van der Waals surface area contributed by atoms with E-state index in [0.717, 1.165) is 28.1 Å². The van der Waals surface area contributed by atoms with Crippen LogP contribution < -0.4 is 0 Å². The quantitative estimate of drug-likeness (QED) is 0.626. The van der Waals surface area contributed by atoms with Gasteiger partial charge in [0.15, 0.2) is 5.65 Å². The lowest BCUT2D eigenvalue weighted by molar-refractivity contribution is 1.09. The molecule has 5 heteroatoms. The van der Waals surface area contributed by atoms with Crippen LogP contribution in [0.1, 0.15) is 5.56 Å². The highest BCUT2D eigenvalue weighted by Gasteiger charge is 2.07. The summed E-state index contributed by atoms with van der Waals surface area (Å²) in [5.41, 5.74) is 3.80. The van der Waals surface area contributed by atoms with Crippen LogP contribution in [-0.2, 0) is 0 Å². The normalized spacial score (nSPS) is 11.0. The fraction of sp³-hybridized carbons (Fsp3) is 0.100. The van der Waals surface area contributed by atoms with Crippen LogP contribution in [0, 0.1) is 6.92 Å². The Labute approximate surface area is 85.6 Å². The van der Waals surface area contributed by atoms with Crippen molar-refractivity contribution in [2.24, 2.45) is 0 Å². The molecule has 74 valence electrons. The lowest BCUT2D eigenvalue weighted by Crippen LogP contribution is -1.78. The van der Waals surface area contributed by atoms with Gasteiger partial charge in [-0.05, 0) is 18.6 Å². The number of aromatic nitrogens is 5. The molecule has 0 amide bonds. The molecular formula is C10H9N5. The van der Waals surface area contributed by atoms with Crippen molar-refractivity contribution in [3.8, 4) is 11.4 Å². The minimum absolute atomic E-state index is 0.742. The van der Waals surface area contributed by atoms with E-state index in [1.165, 1.54) is 0 Å². The largest absolute Gasteiger partial charge is 0.336 e. The number of fused-ring (bicyclic) bond motifs is 1. The van der Waals surface area contributed by atoms with Crippen LogP contribution in [0.5, 0.6) is 0 Å². The van der Waals surface area contributed by atoms with Gasteiger partial charge in [-0.2, -0.15) is 5.10 Å². The molecule has 15 heavy (non-hydrogen) atoms. The van der Waals surface area contributed by atoms with Gasteiger partial charge in [-0.3, -0.25) is 5.10 Å². The summed E-state index contributed by atoms with van der Waals surface area (Å²) in [6, 6.07) is 1.96. The molecule has 0 unspecified atom stereocenters. The Morgan fingerprint density at radius 1 is 1.33 bits per heavy atom. The van der Waals surface area contributed by atoms with Crippen molar-refractivity contribution in [2.45, 2.75) is 6.92 Å². The van der Waals surface area contributed by atoms with Gasteiger partial charge in [-0.25, -0.2) is 9.97 Å². The van der Waals surface area contributed by atoms with Crippen LogP contribution in [-0.4, -0.2) is 25.1 Å². The first kappa shape index (κ1) is 8.16. The van der Waals surface area contributed by atoms with Gasteiger partial charge in [0, 0.05) is 12.4 Å². The summed E-state index contributed by atoms with van der Waals surface area (Å²) in [4.78, 5) is 11.8. The van der Waals surface area contributed by atoms with Crippen molar-refractivity contribution in [2.75, 3.05) is 0 Å². The highest BCUT2D eigenvalue weighted by molar-refractivity contribution is 5.78. The van der Waals surface area contributed by atoms with E-state index < -0.39 is 0 Å². The van der Waals surface area contributed by atoms with Crippen molar-refractivity contribution >= 4 is 11.2 Å². The zero-order chi connectivity index (χ0) is 10.3. The summed E-state index contributed by atoms with van der Waals surface area (Å²) in [7, 11) is 0. The summed E-state index contributed by atoms with van der Waals surface area (Å²) in [6.45, 7) is 2.03. The van der Waals surface area contributed by atoms with Crippen LogP contribution in [0.15, 0.2) is 24.7 Å². The Morgan fingerprint density at radius 3 is 3.00 bits per heavy atom. The zero-order valence-electron chi connectivity index (χ0n) is 8.15. The number of nitrogens with one attached hydrogen (secondary N) is 2. The highest BCUT2D eigenvalue weighted by Crippen LogP contribution is 2.19. The average Bonchev–Trinajstić information content (AvgIpc) is 2.86. The number of H-pyrrole nitrogens is 2. The van der Waals surface area contributed by atoms with E-state index in [9.17, 15) is 0 Å². The van der Waals surface area contributed by atoms with E-state index >= 15 is 0 Å². The molecule has 0 aliphatic heterocycles. The summed E-state index contributed by atoms with van der Waals surface area (Å²) in [5, 5.41) is 6.64.